The van der Waals surface area contributed by atoms with Crippen molar-refractivity contribution in [2.75, 3.05) is 18.5 Å². The van der Waals surface area contributed by atoms with E-state index in [4.69, 9.17) is 9.47 Å². The quantitative estimate of drug-likeness (QED) is 0.871. The SMILES string of the molecule is CNC(=O)OC1CC(=O)N(c2ccc(OCc3c(F)cccc3F)cc2)C1. The largest absolute Gasteiger partial charge is 0.489 e. The van der Waals surface area contributed by atoms with Gasteiger partial charge in [0.25, 0.3) is 0 Å². The summed E-state index contributed by atoms with van der Waals surface area (Å²) in [6.45, 7) is 0.00936. The van der Waals surface area contributed by atoms with Crippen LogP contribution in [-0.4, -0.2) is 31.7 Å². The molecule has 1 aliphatic rings. The molecule has 1 atom stereocenters. The van der Waals surface area contributed by atoms with Gasteiger partial charge in [0.2, 0.25) is 5.91 Å². The monoisotopic (exact) mass is 376 g/mol. The second kappa shape index (κ2) is 8.03. The van der Waals surface area contributed by atoms with Crippen molar-refractivity contribution >= 4 is 17.7 Å². The fourth-order valence-corrected chi connectivity index (χ4v) is 2.76. The van der Waals surface area contributed by atoms with Crippen molar-refractivity contribution in [3.05, 3.63) is 59.7 Å². The van der Waals surface area contributed by atoms with E-state index in [0.29, 0.717) is 11.4 Å². The normalized spacial score (nSPS) is 16.3. The third-order valence-electron chi connectivity index (χ3n) is 4.16. The third-order valence-corrected chi connectivity index (χ3v) is 4.16. The van der Waals surface area contributed by atoms with E-state index < -0.39 is 23.8 Å². The predicted octanol–water partition coefficient (Wildman–Crippen LogP) is 3.01. The first-order valence-corrected chi connectivity index (χ1v) is 8.32. The van der Waals surface area contributed by atoms with Crippen LogP contribution in [0.15, 0.2) is 42.5 Å². The molecule has 1 aliphatic heterocycles. The number of halogens is 2. The molecule has 27 heavy (non-hydrogen) atoms. The molecule has 1 unspecified atom stereocenters. The van der Waals surface area contributed by atoms with Crippen molar-refractivity contribution in [2.24, 2.45) is 0 Å². The molecule has 1 N–H and O–H groups in total. The van der Waals surface area contributed by atoms with Gasteiger partial charge >= 0.3 is 6.09 Å². The fourth-order valence-electron chi connectivity index (χ4n) is 2.76. The summed E-state index contributed by atoms with van der Waals surface area (Å²) in [6.07, 6.45) is -0.991. The van der Waals surface area contributed by atoms with E-state index in [-0.39, 0.29) is 31.0 Å². The Kier molecular flexibility index (Phi) is 5.54. The number of ether oxygens (including phenoxy) is 2. The molecule has 2 aromatic rings. The van der Waals surface area contributed by atoms with Crippen molar-refractivity contribution in [3.8, 4) is 5.75 Å². The molecule has 0 bridgehead atoms. The molecule has 0 aromatic heterocycles. The second-order valence-corrected chi connectivity index (χ2v) is 5.97. The third kappa shape index (κ3) is 4.33. The minimum Gasteiger partial charge on any atom is -0.489 e. The lowest BCUT2D eigenvalue weighted by Gasteiger charge is -2.17. The molecule has 3 rings (SSSR count). The number of nitrogens with zero attached hydrogens (tertiary/aromatic N) is 1. The zero-order chi connectivity index (χ0) is 19.4. The van der Waals surface area contributed by atoms with Crippen molar-refractivity contribution in [3.63, 3.8) is 0 Å². The summed E-state index contributed by atoms with van der Waals surface area (Å²) in [5.41, 5.74) is 0.470. The Hall–Kier alpha value is -3.16. The van der Waals surface area contributed by atoms with Crippen LogP contribution in [0, 0.1) is 11.6 Å². The highest BCUT2D eigenvalue weighted by molar-refractivity contribution is 5.96. The Morgan fingerprint density at radius 3 is 2.48 bits per heavy atom. The van der Waals surface area contributed by atoms with Gasteiger partial charge in [-0.1, -0.05) is 6.07 Å². The van der Waals surface area contributed by atoms with Crippen molar-refractivity contribution in [1.29, 1.82) is 0 Å². The van der Waals surface area contributed by atoms with E-state index in [0.717, 1.165) is 0 Å². The molecule has 2 aromatic carbocycles. The van der Waals surface area contributed by atoms with E-state index in [1.165, 1.54) is 30.1 Å². The summed E-state index contributed by atoms with van der Waals surface area (Å²) < 4.78 is 37.8. The number of benzene rings is 2. The summed E-state index contributed by atoms with van der Waals surface area (Å²) >= 11 is 0. The highest BCUT2D eigenvalue weighted by Gasteiger charge is 2.33. The molecule has 1 fully saturated rings. The summed E-state index contributed by atoms with van der Waals surface area (Å²) in [4.78, 5) is 24.9. The average Bonchev–Trinajstić information content (AvgIpc) is 3.01. The van der Waals surface area contributed by atoms with Crippen molar-refractivity contribution in [2.45, 2.75) is 19.1 Å². The maximum Gasteiger partial charge on any atom is 0.407 e. The van der Waals surface area contributed by atoms with Crippen LogP contribution in [0.25, 0.3) is 0 Å². The first-order chi connectivity index (χ1) is 13.0. The van der Waals surface area contributed by atoms with Crippen LogP contribution in [0.1, 0.15) is 12.0 Å². The molecule has 6 nitrogen and oxygen atoms in total. The highest BCUT2D eigenvalue weighted by atomic mass is 19.1. The van der Waals surface area contributed by atoms with Crippen LogP contribution in [0.5, 0.6) is 5.75 Å². The molecule has 142 valence electrons. The van der Waals surface area contributed by atoms with Crippen molar-refractivity contribution < 1.29 is 27.8 Å². The Bertz CT molecular complexity index is 822. The molecule has 0 saturated carbocycles. The first-order valence-electron chi connectivity index (χ1n) is 8.32. The maximum atomic E-state index is 13.6. The molecule has 1 heterocycles. The number of hydrogen-bond acceptors (Lipinski definition) is 4. The fraction of sp³-hybridized carbons (Fsp3) is 0.263. The minimum atomic E-state index is -0.670. The number of carbonyl (C=O) groups is 2. The number of alkyl carbamates (subject to hydrolysis) is 1. The Labute approximate surface area is 154 Å². The van der Waals surface area contributed by atoms with Gasteiger partial charge in [-0.25, -0.2) is 13.6 Å². The predicted molar refractivity (Wildman–Crippen MR) is 93.4 cm³/mol. The minimum absolute atomic E-state index is 0.109. The molecule has 2 amide bonds. The lowest BCUT2D eigenvalue weighted by molar-refractivity contribution is -0.117. The lowest BCUT2D eigenvalue weighted by atomic mass is 10.2. The van der Waals surface area contributed by atoms with Gasteiger partial charge in [-0.05, 0) is 36.4 Å². The van der Waals surface area contributed by atoms with Crippen LogP contribution < -0.4 is 15.0 Å². The molecule has 8 heteroatoms. The van der Waals surface area contributed by atoms with E-state index in [1.54, 1.807) is 24.3 Å². The highest BCUT2D eigenvalue weighted by Crippen LogP contribution is 2.26. The smallest absolute Gasteiger partial charge is 0.407 e. The number of hydrogen-bond donors (Lipinski definition) is 1. The van der Waals surface area contributed by atoms with Gasteiger partial charge in [0.1, 0.15) is 30.1 Å². The summed E-state index contributed by atoms with van der Waals surface area (Å²) in [5.74, 6) is -1.09. The molecular weight excluding hydrogens is 358 g/mol. The van der Waals surface area contributed by atoms with Gasteiger partial charge in [-0.3, -0.25) is 4.79 Å². The van der Waals surface area contributed by atoms with Crippen LogP contribution in [0.2, 0.25) is 0 Å². The van der Waals surface area contributed by atoms with E-state index in [1.807, 2.05) is 0 Å². The van der Waals surface area contributed by atoms with E-state index in [2.05, 4.69) is 5.32 Å². The molecule has 0 aliphatic carbocycles. The van der Waals surface area contributed by atoms with Crippen LogP contribution in [-0.2, 0) is 16.1 Å². The zero-order valence-electron chi connectivity index (χ0n) is 14.6. The topological polar surface area (TPSA) is 67.9 Å². The van der Waals surface area contributed by atoms with E-state index >= 15 is 0 Å². The maximum absolute atomic E-state index is 13.6. The van der Waals surface area contributed by atoms with Crippen LogP contribution in [0.3, 0.4) is 0 Å². The Balaban J connectivity index is 1.62. The standard InChI is InChI=1S/C19H18F2N2O4/c1-22-19(25)27-14-9-18(24)23(10-14)12-5-7-13(8-6-12)26-11-15-16(20)3-2-4-17(15)21/h2-8,14H,9-11H2,1H3,(H,22,25). The number of nitrogens with one attached hydrogen (secondary N) is 1. The van der Waals surface area contributed by atoms with Gasteiger partial charge in [0.15, 0.2) is 0 Å². The van der Waals surface area contributed by atoms with Gasteiger partial charge in [-0.2, -0.15) is 0 Å². The van der Waals surface area contributed by atoms with Crippen LogP contribution >= 0.6 is 0 Å². The summed E-state index contributed by atoms with van der Waals surface area (Å²) in [5, 5.41) is 2.34. The van der Waals surface area contributed by atoms with Gasteiger partial charge in [0, 0.05) is 12.7 Å². The molecule has 1 saturated heterocycles. The average molecular weight is 376 g/mol. The van der Waals surface area contributed by atoms with Crippen LogP contribution in [0.4, 0.5) is 19.3 Å². The van der Waals surface area contributed by atoms with Crippen molar-refractivity contribution in [1.82, 2.24) is 5.32 Å². The number of anilines is 1. The first kappa shape index (κ1) is 18.6. The summed E-state index contributed by atoms with van der Waals surface area (Å²) in [6, 6.07) is 10.2. The Morgan fingerprint density at radius 2 is 1.85 bits per heavy atom. The number of rotatable bonds is 5. The van der Waals surface area contributed by atoms with Gasteiger partial charge in [0.05, 0.1) is 18.5 Å². The Morgan fingerprint density at radius 1 is 1.19 bits per heavy atom. The zero-order valence-corrected chi connectivity index (χ0v) is 14.6. The molecule has 0 radical (unpaired) electrons. The van der Waals surface area contributed by atoms with Gasteiger partial charge in [-0.15, -0.1) is 0 Å². The van der Waals surface area contributed by atoms with Gasteiger partial charge < -0.3 is 19.7 Å². The number of carbonyl (C=O) groups excluding carboxylic acids is 2. The number of amides is 2. The lowest BCUT2D eigenvalue weighted by Crippen LogP contribution is -2.29. The van der Waals surface area contributed by atoms with E-state index in [9.17, 15) is 18.4 Å². The molecule has 0 spiro atoms. The summed E-state index contributed by atoms with van der Waals surface area (Å²) in [7, 11) is 1.45. The second-order valence-electron chi connectivity index (χ2n) is 5.97. The molecular formula is C19H18F2N2O4.